The standard InChI is InChI=1S/C12H17NOS2/c1-12(2,3)16(14)13-9-10-7-5-6-8-11(10)15-4/h5-9H,1-4H3/b13-9-. The maximum Gasteiger partial charge on any atom is 0.144 e. The Balaban J connectivity index is 2.88. The predicted octanol–water partition coefficient (Wildman–Crippen LogP) is 3.29. The molecular weight excluding hydrogens is 238 g/mol. The molecule has 1 rings (SSSR count). The minimum Gasteiger partial charge on any atom is -0.234 e. The van der Waals surface area contributed by atoms with E-state index in [4.69, 9.17) is 0 Å². The highest BCUT2D eigenvalue weighted by Crippen LogP contribution is 2.19. The maximum atomic E-state index is 11.7. The zero-order valence-electron chi connectivity index (χ0n) is 10.1. The minimum absolute atomic E-state index is 0.301. The van der Waals surface area contributed by atoms with Crippen LogP contribution in [0.4, 0.5) is 0 Å². The summed E-state index contributed by atoms with van der Waals surface area (Å²) in [5, 5.41) is 0. The van der Waals surface area contributed by atoms with Crippen LogP contribution in [0.1, 0.15) is 26.3 Å². The number of hydrogen-bond donors (Lipinski definition) is 0. The monoisotopic (exact) mass is 255 g/mol. The Bertz CT molecular complexity index is 408. The number of rotatable bonds is 3. The van der Waals surface area contributed by atoms with Crippen molar-refractivity contribution in [2.75, 3.05) is 6.26 Å². The summed E-state index contributed by atoms with van der Waals surface area (Å²) in [6.45, 7) is 5.75. The Morgan fingerprint density at radius 2 is 1.94 bits per heavy atom. The molecule has 1 aromatic carbocycles. The van der Waals surface area contributed by atoms with Gasteiger partial charge in [-0.2, -0.15) is 4.40 Å². The quantitative estimate of drug-likeness (QED) is 0.612. The van der Waals surface area contributed by atoms with Crippen LogP contribution in [-0.4, -0.2) is 21.4 Å². The molecule has 0 saturated heterocycles. The Labute approximate surface area is 104 Å². The van der Waals surface area contributed by atoms with Crippen molar-refractivity contribution < 1.29 is 4.21 Å². The average Bonchev–Trinajstić information content (AvgIpc) is 2.24. The second kappa shape index (κ2) is 5.64. The van der Waals surface area contributed by atoms with E-state index in [1.165, 1.54) is 0 Å². The Kier molecular flexibility index (Phi) is 4.74. The van der Waals surface area contributed by atoms with Crippen LogP contribution in [0.15, 0.2) is 33.6 Å². The number of thioether (sulfide) groups is 1. The topological polar surface area (TPSA) is 29.4 Å². The van der Waals surface area contributed by atoms with Crippen LogP contribution in [0, 0.1) is 0 Å². The summed E-state index contributed by atoms with van der Waals surface area (Å²) in [6, 6.07) is 7.96. The number of hydrogen-bond acceptors (Lipinski definition) is 2. The molecular formula is C12H17NOS2. The average molecular weight is 255 g/mol. The van der Waals surface area contributed by atoms with Crippen molar-refractivity contribution in [3.8, 4) is 0 Å². The molecule has 1 unspecified atom stereocenters. The normalized spacial score (nSPS) is 14.2. The van der Waals surface area contributed by atoms with Gasteiger partial charge in [-0.25, -0.2) is 4.21 Å². The first-order chi connectivity index (χ1) is 7.45. The molecule has 0 saturated carbocycles. The second-order valence-corrected chi connectivity index (χ2v) is 7.12. The molecule has 0 fully saturated rings. The van der Waals surface area contributed by atoms with Crippen molar-refractivity contribution in [2.24, 2.45) is 4.40 Å². The van der Waals surface area contributed by atoms with Gasteiger partial charge in [0.1, 0.15) is 11.0 Å². The van der Waals surface area contributed by atoms with E-state index in [1.807, 2.05) is 51.3 Å². The molecule has 0 aromatic heterocycles. The molecule has 88 valence electrons. The second-order valence-electron chi connectivity index (χ2n) is 4.34. The summed E-state index contributed by atoms with van der Waals surface area (Å²) in [5.41, 5.74) is 1.02. The van der Waals surface area contributed by atoms with Crippen molar-refractivity contribution in [3.63, 3.8) is 0 Å². The molecule has 4 heteroatoms. The van der Waals surface area contributed by atoms with Gasteiger partial charge >= 0.3 is 0 Å². The lowest BCUT2D eigenvalue weighted by Crippen LogP contribution is -2.19. The van der Waals surface area contributed by atoms with Crippen LogP contribution < -0.4 is 0 Å². The fourth-order valence-electron chi connectivity index (χ4n) is 1.04. The van der Waals surface area contributed by atoms with Gasteiger partial charge < -0.3 is 0 Å². The molecule has 0 spiro atoms. The molecule has 0 aliphatic heterocycles. The molecule has 0 aliphatic carbocycles. The van der Waals surface area contributed by atoms with E-state index >= 15 is 0 Å². The lowest BCUT2D eigenvalue weighted by molar-refractivity contribution is 0.651. The van der Waals surface area contributed by atoms with E-state index in [-0.39, 0.29) is 4.75 Å². The summed E-state index contributed by atoms with van der Waals surface area (Å²) in [7, 11) is -1.19. The van der Waals surface area contributed by atoms with E-state index in [2.05, 4.69) is 4.40 Å². The molecule has 1 aromatic rings. The molecule has 0 bridgehead atoms. The summed E-state index contributed by atoms with van der Waals surface area (Å²) >= 11 is 1.66. The van der Waals surface area contributed by atoms with E-state index in [0.29, 0.717) is 0 Å². The number of benzene rings is 1. The molecule has 0 amide bonds. The van der Waals surface area contributed by atoms with Crippen LogP contribution in [0.2, 0.25) is 0 Å². The maximum absolute atomic E-state index is 11.7. The smallest absolute Gasteiger partial charge is 0.144 e. The third-order valence-electron chi connectivity index (χ3n) is 1.95. The van der Waals surface area contributed by atoms with E-state index in [0.717, 1.165) is 10.5 Å². The highest BCUT2D eigenvalue weighted by atomic mass is 32.2. The van der Waals surface area contributed by atoms with Crippen LogP contribution >= 0.6 is 11.8 Å². The molecule has 16 heavy (non-hydrogen) atoms. The van der Waals surface area contributed by atoms with Gasteiger partial charge in [0.25, 0.3) is 0 Å². The predicted molar refractivity (Wildman–Crippen MR) is 73.7 cm³/mol. The Morgan fingerprint density at radius 1 is 1.31 bits per heavy atom. The van der Waals surface area contributed by atoms with Gasteiger partial charge in [-0.3, -0.25) is 0 Å². The molecule has 0 aliphatic rings. The number of nitrogens with zero attached hydrogens (tertiary/aromatic N) is 1. The largest absolute Gasteiger partial charge is 0.234 e. The Morgan fingerprint density at radius 3 is 2.50 bits per heavy atom. The molecule has 0 heterocycles. The third kappa shape index (κ3) is 3.76. The molecule has 0 N–H and O–H groups in total. The van der Waals surface area contributed by atoms with E-state index in [9.17, 15) is 4.21 Å². The summed E-state index contributed by atoms with van der Waals surface area (Å²) in [5.74, 6) is 0. The lowest BCUT2D eigenvalue weighted by Gasteiger charge is -2.12. The van der Waals surface area contributed by atoms with Crippen LogP contribution in [0.3, 0.4) is 0 Å². The molecule has 2 nitrogen and oxygen atoms in total. The first-order valence-corrected chi connectivity index (χ1v) is 7.37. The van der Waals surface area contributed by atoms with Gasteiger partial charge in [0.05, 0.1) is 4.75 Å². The van der Waals surface area contributed by atoms with Gasteiger partial charge in [0.2, 0.25) is 0 Å². The van der Waals surface area contributed by atoms with Crippen molar-refractivity contribution >= 4 is 29.0 Å². The summed E-state index contributed by atoms with van der Waals surface area (Å²) < 4.78 is 15.6. The van der Waals surface area contributed by atoms with Crippen LogP contribution in [0.25, 0.3) is 0 Å². The minimum atomic E-state index is -1.19. The zero-order valence-corrected chi connectivity index (χ0v) is 11.7. The lowest BCUT2D eigenvalue weighted by atomic mass is 10.2. The van der Waals surface area contributed by atoms with Gasteiger partial charge in [-0.05, 0) is 33.1 Å². The fourth-order valence-corrected chi connectivity index (χ4v) is 2.13. The molecule has 1 atom stereocenters. The molecule has 0 radical (unpaired) electrons. The van der Waals surface area contributed by atoms with Crippen molar-refractivity contribution in [1.82, 2.24) is 0 Å². The van der Waals surface area contributed by atoms with E-state index < -0.39 is 11.0 Å². The van der Waals surface area contributed by atoms with Gasteiger partial charge in [0.15, 0.2) is 0 Å². The van der Waals surface area contributed by atoms with Crippen LogP contribution in [0.5, 0.6) is 0 Å². The first-order valence-electron chi connectivity index (χ1n) is 5.04. The summed E-state index contributed by atoms with van der Waals surface area (Å²) in [4.78, 5) is 1.15. The Hall–Kier alpha value is -0.610. The van der Waals surface area contributed by atoms with E-state index in [1.54, 1.807) is 18.0 Å². The van der Waals surface area contributed by atoms with Gasteiger partial charge in [0, 0.05) is 16.7 Å². The highest BCUT2D eigenvalue weighted by molar-refractivity contribution is 7.98. The van der Waals surface area contributed by atoms with Crippen molar-refractivity contribution in [2.45, 2.75) is 30.4 Å². The van der Waals surface area contributed by atoms with Crippen molar-refractivity contribution in [1.29, 1.82) is 0 Å². The van der Waals surface area contributed by atoms with Crippen LogP contribution in [-0.2, 0) is 11.0 Å². The zero-order chi connectivity index (χ0) is 12.2. The third-order valence-corrected chi connectivity index (χ3v) is 4.11. The fraction of sp³-hybridized carbons (Fsp3) is 0.417. The van der Waals surface area contributed by atoms with Crippen molar-refractivity contribution in [3.05, 3.63) is 29.8 Å². The van der Waals surface area contributed by atoms with Gasteiger partial charge in [-0.1, -0.05) is 18.2 Å². The summed E-state index contributed by atoms with van der Waals surface area (Å²) in [6.07, 6.45) is 3.72. The van der Waals surface area contributed by atoms with Gasteiger partial charge in [-0.15, -0.1) is 11.8 Å². The SMILES string of the molecule is CSc1ccccc1/C=N\S(=O)C(C)(C)C. The first kappa shape index (κ1) is 13.5. The highest BCUT2D eigenvalue weighted by Gasteiger charge is 2.18.